The SMILES string of the molecule is CSc1ncccc1C(=O)N(CCCO)C1CCC1. The molecule has 4 nitrogen and oxygen atoms in total. The number of nitrogens with zero attached hydrogens (tertiary/aromatic N) is 2. The van der Waals surface area contributed by atoms with Gasteiger partial charge in [-0.1, -0.05) is 0 Å². The monoisotopic (exact) mass is 280 g/mol. The van der Waals surface area contributed by atoms with E-state index in [9.17, 15) is 4.79 Å². The highest BCUT2D eigenvalue weighted by molar-refractivity contribution is 7.98. The molecule has 1 aliphatic carbocycles. The van der Waals surface area contributed by atoms with Gasteiger partial charge in [0.2, 0.25) is 0 Å². The van der Waals surface area contributed by atoms with Crippen LogP contribution in [0.3, 0.4) is 0 Å². The van der Waals surface area contributed by atoms with Crippen LogP contribution in [-0.2, 0) is 0 Å². The largest absolute Gasteiger partial charge is 0.396 e. The third-order valence-corrected chi connectivity index (χ3v) is 4.24. The summed E-state index contributed by atoms with van der Waals surface area (Å²) in [5.41, 5.74) is 0.680. The van der Waals surface area contributed by atoms with Gasteiger partial charge >= 0.3 is 0 Å². The van der Waals surface area contributed by atoms with Crippen LogP contribution >= 0.6 is 11.8 Å². The zero-order valence-electron chi connectivity index (χ0n) is 11.2. The number of carbonyl (C=O) groups excluding carboxylic acids is 1. The van der Waals surface area contributed by atoms with E-state index in [0.29, 0.717) is 24.6 Å². The Bertz CT molecular complexity index is 435. The Morgan fingerprint density at radius 2 is 2.37 bits per heavy atom. The molecule has 5 heteroatoms. The summed E-state index contributed by atoms with van der Waals surface area (Å²) in [5, 5.41) is 9.76. The van der Waals surface area contributed by atoms with Crippen LogP contribution in [0.15, 0.2) is 23.4 Å². The second kappa shape index (κ2) is 6.91. The van der Waals surface area contributed by atoms with Crippen molar-refractivity contribution >= 4 is 17.7 Å². The van der Waals surface area contributed by atoms with E-state index >= 15 is 0 Å². The third-order valence-electron chi connectivity index (χ3n) is 3.53. The fourth-order valence-electron chi connectivity index (χ4n) is 2.26. The number of carbonyl (C=O) groups is 1. The molecule has 0 radical (unpaired) electrons. The molecular formula is C14H20N2O2S. The third kappa shape index (κ3) is 3.28. The molecule has 1 N–H and O–H groups in total. The molecule has 1 fully saturated rings. The maximum atomic E-state index is 12.7. The van der Waals surface area contributed by atoms with Gasteiger partial charge in [0, 0.05) is 25.4 Å². The van der Waals surface area contributed by atoms with Crippen LogP contribution in [0.2, 0.25) is 0 Å². The van der Waals surface area contributed by atoms with E-state index in [1.54, 1.807) is 12.3 Å². The van der Waals surface area contributed by atoms with Gasteiger partial charge in [-0.3, -0.25) is 4.79 Å². The van der Waals surface area contributed by atoms with Crippen molar-refractivity contribution < 1.29 is 9.90 Å². The van der Waals surface area contributed by atoms with Gasteiger partial charge in [0.25, 0.3) is 5.91 Å². The van der Waals surface area contributed by atoms with Gasteiger partial charge in [-0.05, 0) is 44.1 Å². The molecular weight excluding hydrogens is 260 g/mol. The summed E-state index contributed by atoms with van der Waals surface area (Å²) in [6.07, 6.45) is 7.62. The van der Waals surface area contributed by atoms with Gasteiger partial charge in [0.15, 0.2) is 0 Å². The van der Waals surface area contributed by atoms with Crippen LogP contribution in [0.5, 0.6) is 0 Å². The minimum atomic E-state index is 0.0515. The van der Waals surface area contributed by atoms with Crippen molar-refractivity contribution in [2.45, 2.75) is 36.8 Å². The average molecular weight is 280 g/mol. The first-order chi connectivity index (χ1) is 9.27. The second-order valence-electron chi connectivity index (χ2n) is 4.72. The Labute approximate surface area is 118 Å². The lowest BCUT2D eigenvalue weighted by molar-refractivity contribution is 0.0558. The first-order valence-electron chi connectivity index (χ1n) is 6.68. The molecule has 0 atom stereocenters. The molecule has 1 saturated carbocycles. The fourth-order valence-corrected chi connectivity index (χ4v) is 2.80. The number of amides is 1. The summed E-state index contributed by atoms with van der Waals surface area (Å²) < 4.78 is 0. The van der Waals surface area contributed by atoms with Crippen molar-refractivity contribution in [3.05, 3.63) is 23.9 Å². The summed E-state index contributed by atoms with van der Waals surface area (Å²) in [4.78, 5) is 18.8. The minimum absolute atomic E-state index is 0.0515. The van der Waals surface area contributed by atoms with Crippen molar-refractivity contribution in [3.8, 4) is 0 Å². The molecule has 0 saturated heterocycles. The van der Waals surface area contributed by atoms with E-state index in [1.807, 2.05) is 17.2 Å². The van der Waals surface area contributed by atoms with E-state index in [2.05, 4.69) is 4.98 Å². The number of rotatable bonds is 6. The molecule has 19 heavy (non-hydrogen) atoms. The lowest BCUT2D eigenvalue weighted by Gasteiger charge is -2.37. The number of aliphatic hydroxyl groups excluding tert-OH is 1. The molecule has 1 amide bonds. The predicted molar refractivity (Wildman–Crippen MR) is 76.4 cm³/mol. The molecule has 1 aliphatic rings. The van der Waals surface area contributed by atoms with Crippen LogP contribution in [-0.4, -0.2) is 46.3 Å². The van der Waals surface area contributed by atoms with E-state index in [-0.39, 0.29) is 12.5 Å². The molecule has 1 aromatic rings. The normalized spacial score (nSPS) is 15.1. The number of aliphatic hydroxyl groups is 1. The van der Waals surface area contributed by atoms with Gasteiger partial charge in [-0.2, -0.15) is 0 Å². The van der Waals surface area contributed by atoms with Crippen LogP contribution in [0, 0.1) is 0 Å². The van der Waals surface area contributed by atoms with Crippen molar-refractivity contribution in [2.75, 3.05) is 19.4 Å². The van der Waals surface area contributed by atoms with Gasteiger partial charge < -0.3 is 10.0 Å². The topological polar surface area (TPSA) is 53.4 Å². The average Bonchev–Trinajstić information content (AvgIpc) is 2.40. The van der Waals surface area contributed by atoms with Crippen molar-refractivity contribution in [1.82, 2.24) is 9.88 Å². The summed E-state index contributed by atoms with van der Waals surface area (Å²) in [7, 11) is 0. The maximum Gasteiger partial charge on any atom is 0.256 e. The standard InChI is InChI=1S/C14H20N2O2S/c1-19-13-12(7-3-8-15-13)14(18)16(9-4-10-17)11-5-2-6-11/h3,7-8,11,17H,2,4-6,9-10H2,1H3. The molecule has 0 aliphatic heterocycles. The smallest absolute Gasteiger partial charge is 0.256 e. The van der Waals surface area contributed by atoms with Crippen LogP contribution in [0.1, 0.15) is 36.0 Å². The molecule has 2 rings (SSSR count). The first-order valence-corrected chi connectivity index (χ1v) is 7.91. The number of thioether (sulfide) groups is 1. The highest BCUT2D eigenvalue weighted by atomic mass is 32.2. The van der Waals surface area contributed by atoms with Gasteiger partial charge in [-0.25, -0.2) is 4.98 Å². The quantitative estimate of drug-likeness (QED) is 0.812. The van der Waals surface area contributed by atoms with E-state index < -0.39 is 0 Å². The lowest BCUT2D eigenvalue weighted by Crippen LogP contribution is -2.45. The predicted octanol–water partition coefficient (Wildman–Crippen LogP) is 2.18. The molecule has 1 heterocycles. The van der Waals surface area contributed by atoms with Gasteiger partial charge in [0.1, 0.15) is 5.03 Å². The Hall–Kier alpha value is -1.07. The molecule has 0 unspecified atom stereocenters. The van der Waals surface area contributed by atoms with E-state index in [0.717, 1.165) is 17.9 Å². The van der Waals surface area contributed by atoms with Crippen LogP contribution in [0.4, 0.5) is 0 Å². The Kier molecular flexibility index (Phi) is 5.22. The number of aromatic nitrogens is 1. The maximum absolute atomic E-state index is 12.7. The van der Waals surface area contributed by atoms with Gasteiger partial charge in [0.05, 0.1) is 5.56 Å². The minimum Gasteiger partial charge on any atom is -0.396 e. The summed E-state index contributed by atoms with van der Waals surface area (Å²) in [6.45, 7) is 0.752. The fraction of sp³-hybridized carbons (Fsp3) is 0.571. The van der Waals surface area contributed by atoms with Crippen molar-refractivity contribution in [1.29, 1.82) is 0 Å². The zero-order valence-corrected chi connectivity index (χ0v) is 12.0. The second-order valence-corrected chi connectivity index (χ2v) is 5.52. The molecule has 0 spiro atoms. The number of pyridine rings is 1. The zero-order chi connectivity index (χ0) is 13.7. The highest BCUT2D eigenvalue weighted by Gasteiger charge is 2.30. The molecule has 1 aromatic heterocycles. The van der Waals surface area contributed by atoms with E-state index in [4.69, 9.17) is 5.11 Å². The van der Waals surface area contributed by atoms with Crippen LogP contribution < -0.4 is 0 Å². The Morgan fingerprint density at radius 3 is 2.95 bits per heavy atom. The van der Waals surface area contributed by atoms with E-state index in [1.165, 1.54) is 18.2 Å². The number of hydrogen-bond donors (Lipinski definition) is 1. The first kappa shape index (κ1) is 14.3. The van der Waals surface area contributed by atoms with Gasteiger partial charge in [-0.15, -0.1) is 11.8 Å². The summed E-state index contributed by atoms with van der Waals surface area (Å²) in [5.74, 6) is 0.0515. The van der Waals surface area contributed by atoms with Crippen LogP contribution in [0.25, 0.3) is 0 Å². The molecule has 104 valence electrons. The summed E-state index contributed by atoms with van der Waals surface area (Å²) in [6, 6.07) is 3.98. The highest BCUT2D eigenvalue weighted by Crippen LogP contribution is 2.28. The number of hydrogen-bond acceptors (Lipinski definition) is 4. The summed E-state index contributed by atoms with van der Waals surface area (Å²) >= 11 is 1.49. The lowest BCUT2D eigenvalue weighted by atomic mass is 9.91. The Morgan fingerprint density at radius 1 is 1.58 bits per heavy atom. The molecule has 0 aromatic carbocycles. The molecule has 0 bridgehead atoms. The Balaban J connectivity index is 2.17. The van der Waals surface area contributed by atoms with Crippen molar-refractivity contribution in [3.63, 3.8) is 0 Å². The van der Waals surface area contributed by atoms with Crippen molar-refractivity contribution in [2.24, 2.45) is 0 Å².